The molecule has 0 amide bonds. The first kappa shape index (κ1) is 16.5. The van der Waals surface area contributed by atoms with Crippen LogP contribution >= 0.6 is 23.2 Å². The lowest BCUT2D eigenvalue weighted by atomic mass is 10.2. The molecule has 0 atom stereocenters. The van der Waals surface area contributed by atoms with Gasteiger partial charge >= 0.3 is 0 Å². The van der Waals surface area contributed by atoms with E-state index in [1.165, 1.54) is 0 Å². The predicted octanol–water partition coefficient (Wildman–Crippen LogP) is 5.18. The van der Waals surface area contributed by atoms with Gasteiger partial charge in [0.05, 0.1) is 17.8 Å². The molecule has 22 heavy (non-hydrogen) atoms. The number of nitrogens with one attached hydrogen (secondary N) is 1. The van der Waals surface area contributed by atoms with E-state index in [-0.39, 0.29) is 0 Å². The maximum absolute atomic E-state index is 6.13. The van der Waals surface area contributed by atoms with Gasteiger partial charge in [-0.3, -0.25) is 0 Å². The molecule has 0 unspecified atom stereocenters. The summed E-state index contributed by atoms with van der Waals surface area (Å²) in [4.78, 5) is 0. The Hall–Kier alpha value is -1.84. The Bertz CT molecular complexity index is 659. The molecule has 0 aliphatic carbocycles. The van der Waals surface area contributed by atoms with Gasteiger partial charge in [0.25, 0.3) is 0 Å². The van der Waals surface area contributed by atoms with Crippen LogP contribution in [0.5, 0.6) is 11.5 Å². The molecule has 0 aromatic heterocycles. The van der Waals surface area contributed by atoms with E-state index < -0.39 is 0 Å². The van der Waals surface area contributed by atoms with Gasteiger partial charge in [-0.15, -0.1) is 0 Å². The molecule has 0 aliphatic rings. The molecule has 1 N–H and O–H groups in total. The van der Waals surface area contributed by atoms with Gasteiger partial charge in [-0.25, -0.2) is 0 Å². The first-order valence-electron chi connectivity index (χ1n) is 6.73. The van der Waals surface area contributed by atoms with Gasteiger partial charge in [0.2, 0.25) is 0 Å². The van der Waals surface area contributed by atoms with Gasteiger partial charge in [-0.05, 0) is 35.9 Å². The Kier molecular flexibility index (Phi) is 5.99. The third-order valence-corrected chi connectivity index (χ3v) is 3.56. The molecule has 3 nitrogen and oxygen atoms in total. The van der Waals surface area contributed by atoms with Crippen molar-refractivity contribution >= 4 is 28.9 Å². The fourth-order valence-corrected chi connectivity index (χ4v) is 2.28. The number of hydrogen-bond donors (Lipinski definition) is 1. The minimum atomic E-state index is 0.437. The Balaban J connectivity index is 2.09. The third-order valence-electron chi connectivity index (χ3n) is 3.00. The van der Waals surface area contributed by atoms with Crippen molar-refractivity contribution in [2.24, 2.45) is 0 Å². The maximum Gasteiger partial charge on any atom is 0.161 e. The number of ether oxygens (including phenoxy) is 2. The number of halogens is 2. The Morgan fingerprint density at radius 2 is 1.95 bits per heavy atom. The van der Waals surface area contributed by atoms with Crippen LogP contribution in [0.3, 0.4) is 0 Å². The van der Waals surface area contributed by atoms with Crippen molar-refractivity contribution in [3.8, 4) is 11.5 Å². The second kappa shape index (κ2) is 7.97. The Labute approximate surface area is 140 Å². The minimum Gasteiger partial charge on any atom is -0.493 e. The van der Waals surface area contributed by atoms with Gasteiger partial charge in [-0.2, -0.15) is 0 Å². The van der Waals surface area contributed by atoms with E-state index in [1.54, 1.807) is 31.4 Å². The van der Waals surface area contributed by atoms with Crippen LogP contribution in [0.15, 0.2) is 49.1 Å². The van der Waals surface area contributed by atoms with Gasteiger partial charge in [0, 0.05) is 11.6 Å². The van der Waals surface area contributed by atoms with Crippen LogP contribution in [0, 0.1) is 0 Å². The summed E-state index contributed by atoms with van der Waals surface area (Å²) >= 11 is 12.1. The standard InChI is InChI=1S/C17H17Cl2NO2/c1-3-8-22-16-7-4-12(9-17(16)21-2)11-20-15-10-13(18)5-6-14(15)19/h3-7,9-10,20H,1,8,11H2,2H3. The van der Waals surface area contributed by atoms with Crippen LogP contribution in [-0.4, -0.2) is 13.7 Å². The summed E-state index contributed by atoms with van der Waals surface area (Å²) in [6.45, 7) is 4.66. The fourth-order valence-electron chi connectivity index (χ4n) is 1.92. The highest BCUT2D eigenvalue weighted by Gasteiger charge is 2.06. The zero-order valence-electron chi connectivity index (χ0n) is 12.2. The molecule has 0 bridgehead atoms. The molecule has 0 radical (unpaired) electrons. The minimum absolute atomic E-state index is 0.437. The second-order valence-corrected chi connectivity index (χ2v) is 5.41. The van der Waals surface area contributed by atoms with E-state index in [1.807, 2.05) is 18.2 Å². The van der Waals surface area contributed by atoms with E-state index in [0.717, 1.165) is 11.3 Å². The average molecular weight is 338 g/mol. The van der Waals surface area contributed by atoms with Crippen LogP contribution in [-0.2, 0) is 6.54 Å². The molecular formula is C17H17Cl2NO2. The molecular weight excluding hydrogens is 321 g/mol. The predicted molar refractivity (Wildman–Crippen MR) is 92.5 cm³/mol. The molecule has 2 rings (SSSR count). The van der Waals surface area contributed by atoms with Crippen molar-refractivity contribution in [2.75, 3.05) is 19.0 Å². The Morgan fingerprint density at radius 3 is 2.68 bits per heavy atom. The van der Waals surface area contributed by atoms with Gasteiger partial charge in [0.15, 0.2) is 11.5 Å². The quantitative estimate of drug-likeness (QED) is 0.706. The van der Waals surface area contributed by atoms with Crippen molar-refractivity contribution in [1.82, 2.24) is 0 Å². The van der Waals surface area contributed by atoms with E-state index in [2.05, 4.69) is 11.9 Å². The fraction of sp³-hybridized carbons (Fsp3) is 0.176. The number of methoxy groups -OCH3 is 1. The lowest BCUT2D eigenvalue weighted by molar-refractivity contribution is 0.326. The molecule has 2 aromatic rings. The van der Waals surface area contributed by atoms with Crippen molar-refractivity contribution in [2.45, 2.75) is 6.54 Å². The molecule has 0 saturated carbocycles. The highest BCUT2D eigenvalue weighted by molar-refractivity contribution is 6.35. The molecule has 5 heteroatoms. The largest absolute Gasteiger partial charge is 0.493 e. The molecule has 0 aliphatic heterocycles. The molecule has 0 spiro atoms. The molecule has 2 aromatic carbocycles. The highest BCUT2D eigenvalue weighted by atomic mass is 35.5. The topological polar surface area (TPSA) is 30.5 Å². The summed E-state index contributed by atoms with van der Waals surface area (Å²) in [6, 6.07) is 11.1. The lowest BCUT2D eigenvalue weighted by Gasteiger charge is -2.13. The van der Waals surface area contributed by atoms with E-state index in [4.69, 9.17) is 32.7 Å². The van der Waals surface area contributed by atoms with Crippen molar-refractivity contribution in [3.05, 3.63) is 64.7 Å². The smallest absolute Gasteiger partial charge is 0.161 e. The number of hydrogen-bond acceptors (Lipinski definition) is 3. The summed E-state index contributed by atoms with van der Waals surface area (Å²) in [7, 11) is 1.61. The molecule has 0 heterocycles. The lowest BCUT2D eigenvalue weighted by Crippen LogP contribution is -2.02. The van der Waals surface area contributed by atoms with E-state index in [0.29, 0.717) is 34.7 Å². The zero-order valence-corrected chi connectivity index (χ0v) is 13.7. The Morgan fingerprint density at radius 1 is 1.14 bits per heavy atom. The normalized spacial score (nSPS) is 10.1. The highest BCUT2D eigenvalue weighted by Crippen LogP contribution is 2.29. The molecule has 0 fully saturated rings. The van der Waals surface area contributed by atoms with Crippen molar-refractivity contribution in [3.63, 3.8) is 0 Å². The van der Waals surface area contributed by atoms with E-state index >= 15 is 0 Å². The SMILES string of the molecule is C=CCOc1ccc(CNc2cc(Cl)ccc2Cl)cc1OC. The summed E-state index contributed by atoms with van der Waals surface area (Å²) in [5, 5.41) is 4.52. The van der Waals surface area contributed by atoms with Crippen LogP contribution in [0.1, 0.15) is 5.56 Å². The molecule has 116 valence electrons. The van der Waals surface area contributed by atoms with Crippen molar-refractivity contribution < 1.29 is 9.47 Å². The van der Waals surface area contributed by atoms with E-state index in [9.17, 15) is 0 Å². The number of benzene rings is 2. The van der Waals surface area contributed by atoms with Crippen LogP contribution in [0.25, 0.3) is 0 Å². The second-order valence-electron chi connectivity index (χ2n) is 4.56. The third kappa shape index (κ3) is 4.33. The number of rotatable bonds is 7. The number of anilines is 1. The summed E-state index contributed by atoms with van der Waals surface area (Å²) in [6.07, 6.45) is 1.69. The summed E-state index contributed by atoms with van der Waals surface area (Å²) < 4.78 is 10.9. The zero-order chi connectivity index (χ0) is 15.9. The summed E-state index contributed by atoms with van der Waals surface area (Å²) in [5.74, 6) is 1.37. The molecule has 0 saturated heterocycles. The van der Waals surface area contributed by atoms with Crippen molar-refractivity contribution in [1.29, 1.82) is 0 Å². The van der Waals surface area contributed by atoms with Gasteiger partial charge < -0.3 is 14.8 Å². The monoisotopic (exact) mass is 337 g/mol. The van der Waals surface area contributed by atoms with Gasteiger partial charge in [0.1, 0.15) is 6.61 Å². The maximum atomic E-state index is 6.13. The van der Waals surface area contributed by atoms with Crippen LogP contribution in [0.4, 0.5) is 5.69 Å². The first-order chi connectivity index (χ1) is 10.6. The first-order valence-corrected chi connectivity index (χ1v) is 7.49. The summed E-state index contributed by atoms with van der Waals surface area (Å²) in [5.41, 5.74) is 1.83. The average Bonchev–Trinajstić information content (AvgIpc) is 2.54. The van der Waals surface area contributed by atoms with Gasteiger partial charge in [-0.1, -0.05) is 41.9 Å². The van der Waals surface area contributed by atoms with Crippen LogP contribution in [0.2, 0.25) is 10.0 Å². The van der Waals surface area contributed by atoms with Crippen LogP contribution < -0.4 is 14.8 Å².